The highest BCUT2D eigenvalue weighted by atomic mass is 16.2. The van der Waals surface area contributed by atoms with Crippen LogP contribution in [-0.2, 0) is 22.7 Å². The predicted molar refractivity (Wildman–Crippen MR) is 106 cm³/mol. The predicted octanol–water partition coefficient (Wildman–Crippen LogP) is 2.97. The zero-order valence-electron chi connectivity index (χ0n) is 15.8. The van der Waals surface area contributed by atoms with E-state index in [1.165, 1.54) is 0 Å². The Bertz CT molecular complexity index is 947. The lowest BCUT2D eigenvalue weighted by atomic mass is 10.2. The molecule has 0 bridgehead atoms. The molecule has 2 aromatic carbocycles. The number of amides is 2. The Labute approximate surface area is 158 Å². The minimum atomic E-state index is -0.103. The summed E-state index contributed by atoms with van der Waals surface area (Å²) in [6, 6.07) is 17.2. The smallest absolute Gasteiger partial charge is 0.246 e. The lowest BCUT2D eigenvalue weighted by Gasteiger charge is -2.19. The summed E-state index contributed by atoms with van der Waals surface area (Å²) in [5, 5.41) is 2.89. The second-order valence-corrected chi connectivity index (χ2v) is 6.76. The largest absolute Gasteiger partial charge is 0.349 e. The number of hydrogen-bond donors (Lipinski definition) is 1. The van der Waals surface area contributed by atoms with Crippen LogP contribution in [0.25, 0.3) is 11.0 Å². The molecule has 1 aromatic heterocycles. The van der Waals surface area contributed by atoms with E-state index in [4.69, 9.17) is 0 Å². The van der Waals surface area contributed by atoms with Gasteiger partial charge in [-0.25, -0.2) is 4.98 Å². The number of nitrogens with zero attached hydrogens (tertiary/aromatic N) is 3. The van der Waals surface area contributed by atoms with Gasteiger partial charge in [0.05, 0.1) is 17.6 Å². The average molecular weight is 364 g/mol. The van der Waals surface area contributed by atoms with Gasteiger partial charge < -0.3 is 14.8 Å². The van der Waals surface area contributed by atoms with Gasteiger partial charge in [-0.1, -0.05) is 44.2 Å². The maximum Gasteiger partial charge on any atom is 0.246 e. The molecule has 0 unspecified atom stereocenters. The average Bonchev–Trinajstić information content (AvgIpc) is 3.03. The van der Waals surface area contributed by atoms with E-state index >= 15 is 0 Å². The van der Waals surface area contributed by atoms with Crippen molar-refractivity contribution in [2.24, 2.45) is 5.92 Å². The summed E-state index contributed by atoms with van der Waals surface area (Å²) >= 11 is 0. The fourth-order valence-electron chi connectivity index (χ4n) is 2.84. The Morgan fingerprint density at radius 1 is 1.07 bits per heavy atom. The van der Waals surface area contributed by atoms with E-state index in [-0.39, 0.29) is 30.8 Å². The first kappa shape index (κ1) is 18.6. The third-order valence-corrected chi connectivity index (χ3v) is 4.49. The molecule has 6 nitrogen and oxygen atoms in total. The maximum absolute atomic E-state index is 12.8. The van der Waals surface area contributed by atoms with Crippen molar-refractivity contribution in [2.75, 3.05) is 11.9 Å². The molecular weight excluding hydrogens is 340 g/mol. The Kier molecular flexibility index (Phi) is 5.54. The molecule has 0 aliphatic rings. The van der Waals surface area contributed by atoms with Gasteiger partial charge in [0.2, 0.25) is 11.8 Å². The number of anilines is 1. The monoisotopic (exact) mass is 364 g/mol. The standard InChI is InChI=1S/C21H24N4O2/c1-15(2)21(27)22-13-19-23-17-11-7-8-12-18(17)25(19)14-20(26)24(3)16-9-5-4-6-10-16/h4-12,15H,13-14H2,1-3H3,(H,22,27). The summed E-state index contributed by atoms with van der Waals surface area (Å²) in [5.74, 6) is 0.468. The van der Waals surface area contributed by atoms with E-state index in [2.05, 4.69) is 10.3 Å². The number of carbonyl (C=O) groups excluding carboxylic acids is 2. The fourth-order valence-corrected chi connectivity index (χ4v) is 2.84. The number of para-hydroxylation sites is 3. The Morgan fingerprint density at radius 2 is 1.74 bits per heavy atom. The van der Waals surface area contributed by atoms with Crippen LogP contribution in [-0.4, -0.2) is 28.4 Å². The van der Waals surface area contributed by atoms with Crippen LogP contribution < -0.4 is 10.2 Å². The topological polar surface area (TPSA) is 67.2 Å². The molecule has 0 radical (unpaired) electrons. The van der Waals surface area contributed by atoms with Crippen LogP contribution in [0.2, 0.25) is 0 Å². The van der Waals surface area contributed by atoms with Crippen molar-refractivity contribution >= 4 is 28.5 Å². The molecule has 1 N–H and O–H groups in total. The summed E-state index contributed by atoms with van der Waals surface area (Å²) in [6.45, 7) is 4.13. The van der Waals surface area contributed by atoms with Crippen LogP contribution in [0.1, 0.15) is 19.7 Å². The normalized spacial score (nSPS) is 11.0. The highest BCUT2D eigenvalue weighted by Gasteiger charge is 2.18. The van der Waals surface area contributed by atoms with Crippen molar-refractivity contribution in [1.82, 2.24) is 14.9 Å². The number of rotatable bonds is 6. The molecule has 0 saturated carbocycles. The van der Waals surface area contributed by atoms with E-state index in [0.29, 0.717) is 5.82 Å². The van der Waals surface area contributed by atoms with Gasteiger partial charge in [0.1, 0.15) is 12.4 Å². The number of nitrogens with one attached hydrogen (secondary N) is 1. The lowest BCUT2D eigenvalue weighted by molar-refractivity contribution is -0.124. The Morgan fingerprint density at radius 3 is 2.44 bits per heavy atom. The van der Waals surface area contributed by atoms with Gasteiger partial charge in [-0.15, -0.1) is 0 Å². The number of aromatic nitrogens is 2. The van der Waals surface area contributed by atoms with Crippen molar-refractivity contribution < 1.29 is 9.59 Å². The van der Waals surface area contributed by atoms with E-state index in [1.807, 2.05) is 73.0 Å². The SMILES string of the molecule is CC(C)C(=O)NCc1nc2ccccc2n1CC(=O)N(C)c1ccccc1. The van der Waals surface area contributed by atoms with Gasteiger partial charge in [-0.05, 0) is 24.3 Å². The zero-order valence-corrected chi connectivity index (χ0v) is 15.8. The minimum absolute atomic E-state index is 0.0404. The van der Waals surface area contributed by atoms with Gasteiger partial charge >= 0.3 is 0 Å². The molecule has 0 atom stereocenters. The molecule has 0 aliphatic heterocycles. The molecule has 27 heavy (non-hydrogen) atoms. The van der Waals surface area contributed by atoms with Crippen molar-refractivity contribution in [3.8, 4) is 0 Å². The molecular formula is C21H24N4O2. The summed E-state index contributed by atoms with van der Waals surface area (Å²) in [6.07, 6.45) is 0. The quantitative estimate of drug-likeness (QED) is 0.731. The Balaban J connectivity index is 1.86. The minimum Gasteiger partial charge on any atom is -0.349 e. The number of hydrogen-bond acceptors (Lipinski definition) is 3. The van der Waals surface area contributed by atoms with Gasteiger partial charge in [0.15, 0.2) is 0 Å². The maximum atomic E-state index is 12.8. The first-order valence-electron chi connectivity index (χ1n) is 9.01. The molecule has 0 spiro atoms. The molecule has 2 amide bonds. The summed E-state index contributed by atoms with van der Waals surface area (Å²) in [5.41, 5.74) is 2.52. The third kappa shape index (κ3) is 4.16. The fraction of sp³-hybridized carbons (Fsp3) is 0.286. The van der Waals surface area contributed by atoms with Crippen LogP contribution in [0.15, 0.2) is 54.6 Å². The summed E-state index contributed by atoms with van der Waals surface area (Å²) < 4.78 is 1.87. The van der Waals surface area contributed by atoms with Crippen LogP contribution in [0, 0.1) is 5.92 Å². The lowest BCUT2D eigenvalue weighted by Crippen LogP contribution is -2.32. The van der Waals surface area contributed by atoms with E-state index < -0.39 is 0 Å². The number of imidazole rings is 1. The molecule has 0 fully saturated rings. The number of carbonyl (C=O) groups is 2. The third-order valence-electron chi connectivity index (χ3n) is 4.49. The number of fused-ring (bicyclic) bond motifs is 1. The molecule has 6 heteroatoms. The molecule has 140 valence electrons. The van der Waals surface area contributed by atoms with E-state index in [0.717, 1.165) is 16.7 Å². The second kappa shape index (κ2) is 8.03. The van der Waals surface area contributed by atoms with Gasteiger partial charge in [0.25, 0.3) is 0 Å². The van der Waals surface area contributed by atoms with E-state index in [9.17, 15) is 9.59 Å². The van der Waals surface area contributed by atoms with Gasteiger partial charge in [-0.2, -0.15) is 0 Å². The first-order chi connectivity index (χ1) is 13.0. The van der Waals surface area contributed by atoms with Crippen molar-refractivity contribution in [1.29, 1.82) is 0 Å². The highest BCUT2D eigenvalue weighted by Crippen LogP contribution is 2.18. The van der Waals surface area contributed by atoms with Crippen molar-refractivity contribution in [3.63, 3.8) is 0 Å². The molecule has 3 rings (SSSR count). The number of likely N-dealkylation sites (N-methyl/N-ethyl adjacent to an activating group) is 1. The van der Waals surface area contributed by atoms with E-state index in [1.54, 1.807) is 11.9 Å². The molecule has 3 aromatic rings. The summed E-state index contributed by atoms with van der Waals surface area (Å²) in [7, 11) is 1.76. The second-order valence-electron chi connectivity index (χ2n) is 6.76. The molecule has 1 heterocycles. The van der Waals surface area contributed by atoms with Crippen LogP contribution in [0.5, 0.6) is 0 Å². The first-order valence-corrected chi connectivity index (χ1v) is 9.01. The van der Waals surface area contributed by atoms with Crippen LogP contribution >= 0.6 is 0 Å². The van der Waals surface area contributed by atoms with Crippen LogP contribution in [0.3, 0.4) is 0 Å². The zero-order chi connectivity index (χ0) is 19.4. The summed E-state index contributed by atoms with van der Waals surface area (Å²) in [4.78, 5) is 31.0. The van der Waals surface area contributed by atoms with Gasteiger partial charge in [0, 0.05) is 18.7 Å². The molecule has 0 saturated heterocycles. The number of benzene rings is 2. The van der Waals surface area contributed by atoms with Crippen LogP contribution in [0.4, 0.5) is 5.69 Å². The molecule has 0 aliphatic carbocycles. The van der Waals surface area contributed by atoms with Crippen molar-refractivity contribution in [2.45, 2.75) is 26.9 Å². The highest BCUT2D eigenvalue weighted by molar-refractivity contribution is 5.93. The van der Waals surface area contributed by atoms with Gasteiger partial charge in [-0.3, -0.25) is 9.59 Å². The van der Waals surface area contributed by atoms with Crippen molar-refractivity contribution in [3.05, 3.63) is 60.4 Å². The Hall–Kier alpha value is -3.15.